The van der Waals surface area contributed by atoms with Crippen molar-refractivity contribution < 1.29 is 9.53 Å². The Bertz CT molecular complexity index is 1080. The summed E-state index contributed by atoms with van der Waals surface area (Å²) in [5.41, 5.74) is 4.85. The van der Waals surface area contributed by atoms with E-state index in [1.165, 1.54) is 5.69 Å². The lowest BCUT2D eigenvalue weighted by Gasteiger charge is -2.07. The number of ether oxygens (including phenoxy) is 1. The van der Waals surface area contributed by atoms with E-state index in [-0.39, 0.29) is 5.91 Å². The molecular formula is C21H19N3O2S. The largest absolute Gasteiger partial charge is 0.497 e. The van der Waals surface area contributed by atoms with Gasteiger partial charge in [0.1, 0.15) is 5.75 Å². The summed E-state index contributed by atoms with van der Waals surface area (Å²) >= 11 is 1.63. The molecule has 4 aromatic rings. The molecule has 0 bridgehead atoms. The fourth-order valence-electron chi connectivity index (χ4n) is 2.89. The van der Waals surface area contributed by atoms with E-state index in [0.29, 0.717) is 6.42 Å². The summed E-state index contributed by atoms with van der Waals surface area (Å²) in [6.45, 7) is 2.07. The van der Waals surface area contributed by atoms with Crippen molar-refractivity contribution in [3.63, 3.8) is 0 Å². The summed E-state index contributed by atoms with van der Waals surface area (Å²) in [6.07, 6.45) is 2.36. The van der Waals surface area contributed by atoms with Crippen molar-refractivity contribution >= 4 is 27.9 Å². The van der Waals surface area contributed by atoms with Crippen LogP contribution >= 0.6 is 11.3 Å². The Hall–Kier alpha value is -3.12. The number of methoxy groups -OCH3 is 1. The summed E-state index contributed by atoms with van der Waals surface area (Å²) < 4.78 is 7.22. The number of aromatic nitrogens is 2. The maximum absolute atomic E-state index is 12.3. The summed E-state index contributed by atoms with van der Waals surface area (Å²) in [4.78, 5) is 17.9. The lowest BCUT2D eigenvalue weighted by molar-refractivity contribution is -0.115. The first-order valence-corrected chi connectivity index (χ1v) is 9.47. The quantitative estimate of drug-likeness (QED) is 0.555. The third kappa shape index (κ3) is 3.71. The van der Waals surface area contributed by atoms with Crippen LogP contribution in [-0.2, 0) is 11.2 Å². The number of thiazole rings is 1. The predicted octanol–water partition coefficient (Wildman–Crippen LogP) is 4.56. The highest BCUT2D eigenvalue weighted by atomic mass is 32.1. The van der Waals surface area contributed by atoms with Gasteiger partial charge in [-0.15, -0.1) is 11.3 Å². The van der Waals surface area contributed by atoms with Gasteiger partial charge in [0.15, 0.2) is 4.96 Å². The van der Waals surface area contributed by atoms with Crippen LogP contribution in [-0.4, -0.2) is 22.4 Å². The number of rotatable bonds is 5. The van der Waals surface area contributed by atoms with Crippen molar-refractivity contribution in [1.82, 2.24) is 9.38 Å². The van der Waals surface area contributed by atoms with Gasteiger partial charge in [-0.05, 0) is 36.8 Å². The Labute approximate surface area is 161 Å². The van der Waals surface area contributed by atoms with Gasteiger partial charge in [-0.3, -0.25) is 9.20 Å². The van der Waals surface area contributed by atoms with Crippen molar-refractivity contribution in [1.29, 1.82) is 0 Å². The summed E-state index contributed by atoms with van der Waals surface area (Å²) in [7, 11) is 1.62. The smallest absolute Gasteiger partial charge is 0.228 e. The molecule has 0 radical (unpaired) electrons. The van der Waals surface area contributed by atoms with Crippen molar-refractivity contribution in [2.45, 2.75) is 13.3 Å². The fourth-order valence-corrected chi connectivity index (χ4v) is 3.74. The molecule has 136 valence electrons. The molecule has 2 heterocycles. The number of carbonyl (C=O) groups excluding carboxylic acids is 1. The van der Waals surface area contributed by atoms with Gasteiger partial charge < -0.3 is 10.1 Å². The van der Waals surface area contributed by atoms with Gasteiger partial charge in [0, 0.05) is 28.5 Å². The van der Waals surface area contributed by atoms with Crippen molar-refractivity contribution in [2.75, 3.05) is 12.4 Å². The number of carbonyl (C=O) groups is 1. The monoisotopic (exact) mass is 377 g/mol. The Morgan fingerprint density at radius 2 is 1.89 bits per heavy atom. The van der Waals surface area contributed by atoms with Crippen LogP contribution in [0.2, 0.25) is 0 Å². The zero-order valence-corrected chi connectivity index (χ0v) is 15.9. The second-order valence-electron chi connectivity index (χ2n) is 6.31. The number of anilines is 1. The highest BCUT2D eigenvalue weighted by molar-refractivity contribution is 7.15. The molecule has 6 heteroatoms. The van der Waals surface area contributed by atoms with E-state index in [1.54, 1.807) is 18.4 Å². The Balaban J connectivity index is 1.42. The van der Waals surface area contributed by atoms with Crippen LogP contribution in [0.15, 0.2) is 60.1 Å². The van der Waals surface area contributed by atoms with Gasteiger partial charge in [0.05, 0.1) is 19.2 Å². The van der Waals surface area contributed by atoms with Gasteiger partial charge in [-0.1, -0.05) is 24.3 Å². The molecule has 0 fully saturated rings. The maximum atomic E-state index is 12.3. The third-order valence-electron chi connectivity index (χ3n) is 4.38. The molecule has 4 rings (SSSR count). The number of amides is 1. The minimum Gasteiger partial charge on any atom is -0.497 e. The lowest BCUT2D eigenvalue weighted by atomic mass is 10.1. The zero-order valence-electron chi connectivity index (χ0n) is 15.1. The molecule has 2 aromatic heterocycles. The number of nitrogens with zero attached hydrogens (tertiary/aromatic N) is 2. The first-order chi connectivity index (χ1) is 13.1. The normalized spacial score (nSPS) is 10.9. The van der Waals surface area contributed by atoms with Crippen LogP contribution in [0.5, 0.6) is 5.75 Å². The Kier molecular flexibility index (Phi) is 4.64. The van der Waals surface area contributed by atoms with Gasteiger partial charge in [-0.25, -0.2) is 4.98 Å². The maximum Gasteiger partial charge on any atom is 0.228 e. The van der Waals surface area contributed by atoms with Crippen molar-refractivity contribution in [2.24, 2.45) is 0 Å². The fraction of sp³-hybridized carbons (Fsp3) is 0.143. The van der Waals surface area contributed by atoms with Gasteiger partial charge in [-0.2, -0.15) is 0 Å². The van der Waals surface area contributed by atoms with Gasteiger partial charge in [0.25, 0.3) is 0 Å². The average molecular weight is 377 g/mol. The zero-order chi connectivity index (χ0) is 18.8. The summed E-state index contributed by atoms with van der Waals surface area (Å²) in [6, 6.07) is 15.3. The van der Waals surface area contributed by atoms with Crippen LogP contribution in [0.3, 0.4) is 0 Å². The van der Waals surface area contributed by atoms with Crippen LogP contribution in [0.25, 0.3) is 16.2 Å². The number of hydrogen-bond acceptors (Lipinski definition) is 4. The molecule has 0 atom stereocenters. The van der Waals surface area contributed by atoms with Gasteiger partial charge >= 0.3 is 0 Å². The minimum absolute atomic E-state index is 0.0500. The topological polar surface area (TPSA) is 55.6 Å². The third-order valence-corrected chi connectivity index (χ3v) is 5.33. The SMILES string of the molecule is COc1ccc(CC(=O)Nc2ccc(-c3cn4c(C)csc4n3)cc2)cc1. The van der Waals surface area contributed by atoms with E-state index in [1.807, 2.05) is 54.7 Å². The minimum atomic E-state index is -0.0500. The Morgan fingerprint density at radius 1 is 1.15 bits per heavy atom. The first kappa shape index (κ1) is 17.3. The van der Waals surface area contributed by atoms with E-state index in [4.69, 9.17) is 4.74 Å². The van der Waals surface area contributed by atoms with Crippen LogP contribution in [0, 0.1) is 6.92 Å². The second kappa shape index (κ2) is 7.25. The molecule has 0 aliphatic heterocycles. The number of aryl methyl sites for hydroxylation is 1. The van der Waals surface area contributed by atoms with Crippen molar-refractivity contribution in [3.8, 4) is 17.0 Å². The molecule has 0 saturated heterocycles. The molecule has 27 heavy (non-hydrogen) atoms. The summed E-state index contributed by atoms with van der Waals surface area (Å²) in [5, 5.41) is 5.03. The van der Waals surface area contributed by atoms with E-state index >= 15 is 0 Å². The number of hydrogen-bond donors (Lipinski definition) is 1. The lowest BCUT2D eigenvalue weighted by Crippen LogP contribution is -2.14. The van der Waals surface area contributed by atoms with E-state index < -0.39 is 0 Å². The van der Waals surface area contributed by atoms with E-state index in [2.05, 4.69) is 27.0 Å². The summed E-state index contributed by atoms with van der Waals surface area (Å²) in [5.74, 6) is 0.732. The number of benzene rings is 2. The van der Waals surface area contributed by atoms with Gasteiger partial charge in [0.2, 0.25) is 5.91 Å². The number of fused-ring (bicyclic) bond motifs is 1. The first-order valence-electron chi connectivity index (χ1n) is 8.59. The van der Waals surface area contributed by atoms with E-state index in [9.17, 15) is 4.79 Å². The van der Waals surface area contributed by atoms with Crippen molar-refractivity contribution in [3.05, 3.63) is 71.4 Å². The van der Waals surface area contributed by atoms with Crippen LogP contribution in [0.1, 0.15) is 11.3 Å². The highest BCUT2D eigenvalue weighted by Gasteiger charge is 2.09. The molecule has 0 saturated carbocycles. The second-order valence-corrected chi connectivity index (χ2v) is 7.14. The number of imidazole rings is 1. The Morgan fingerprint density at radius 3 is 2.56 bits per heavy atom. The number of nitrogens with one attached hydrogen (secondary N) is 1. The molecule has 1 N–H and O–H groups in total. The van der Waals surface area contributed by atoms with Crippen LogP contribution in [0.4, 0.5) is 5.69 Å². The van der Waals surface area contributed by atoms with E-state index in [0.717, 1.165) is 33.2 Å². The van der Waals surface area contributed by atoms with Crippen LogP contribution < -0.4 is 10.1 Å². The molecule has 0 spiro atoms. The molecule has 1 amide bonds. The standard InChI is InChI=1S/C21H19N3O2S/c1-14-13-27-21-23-19(12-24(14)21)16-5-7-17(8-6-16)22-20(25)11-15-3-9-18(26-2)10-4-15/h3-10,12-13H,11H2,1-2H3,(H,22,25). The molecule has 0 aliphatic carbocycles. The highest BCUT2D eigenvalue weighted by Crippen LogP contribution is 2.24. The molecule has 2 aromatic carbocycles. The molecule has 0 aliphatic rings. The molecule has 5 nitrogen and oxygen atoms in total. The predicted molar refractivity (Wildman–Crippen MR) is 109 cm³/mol. The molecular weight excluding hydrogens is 358 g/mol. The molecule has 0 unspecified atom stereocenters. The average Bonchev–Trinajstić information content (AvgIpc) is 3.25.